The molecule has 1 atom stereocenters. The second-order valence-corrected chi connectivity index (χ2v) is 2.79. The van der Waals surface area contributed by atoms with E-state index in [0.29, 0.717) is 0 Å². The molecule has 1 unspecified atom stereocenters. The monoisotopic (exact) mass is 201 g/mol. The van der Waals surface area contributed by atoms with Crippen LogP contribution in [0.4, 0.5) is 4.79 Å². The number of hydrogen-bond donors (Lipinski definition) is 4. The van der Waals surface area contributed by atoms with Gasteiger partial charge in [0, 0.05) is 6.54 Å². The van der Waals surface area contributed by atoms with Crippen molar-refractivity contribution >= 4 is 17.8 Å². The van der Waals surface area contributed by atoms with Gasteiger partial charge in [0.15, 0.2) is 0 Å². The molecule has 1 saturated heterocycles. The van der Waals surface area contributed by atoms with Gasteiger partial charge < -0.3 is 15.7 Å². The Labute approximate surface area is 79.9 Å². The molecule has 0 aliphatic carbocycles. The van der Waals surface area contributed by atoms with E-state index in [-0.39, 0.29) is 25.5 Å². The fourth-order valence-electron chi connectivity index (χ4n) is 1.06. The van der Waals surface area contributed by atoms with Crippen molar-refractivity contribution in [2.75, 3.05) is 13.2 Å². The molecule has 0 spiro atoms. The molecular formula is C7H11N3O4. The molecule has 1 rings (SSSR count). The van der Waals surface area contributed by atoms with Gasteiger partial charge in [0.25, 0.3) is 5.91 Å². The topological polar surface area (TPSA) is 108 Å². The lowest BCUT2D eigenvalue weighted by molar-refractivity contribution is -0.126. The summed E-state index contributed by atoms with van der Waals surface area (Å²) in [6, 6.07) is -1.39. The van der Waals surface area contributed by atoms with Crippen molar-refractivity contribution in [3.05, 3.63) is 0 Å². The van der Waals surface area contributed by atoms with Crippen molar-refractivity contribution in [3.63, 3.8) is 0 Å². The van der Waals surface area contributed by atoms with Crippen LogP contribution in [-0.4, -0.2) is 42.1 Å². The number of imide groups is 1. The zero-order valence-electron chi connectivity index (χ0n) is 7.37. The minimum Gasteiger partial charge on any atom is -0.395 e. The molecule has 0 aromatic rings. The fraction of sp³-hybridized carbons (Fsp3) is 0.571. The molecule has 4 amide bonds. The number of aliphatic hydroxyl groups is 1. The van der Waals surface area contributed by atoms with Crippen LogP contribution in [0.5, 0.6) is 0 Å². The molecule has 0 saturated carbocycles. The van der Waals surface area contributed by atoms with Crippen LogP contribution in [-0.2, 0) is 9.59 Å². The molecule has 0 aromatic heterocycles. The number of hydrogen-bond acceptors (Lipinski definition) is 4. The lowest BCUT2D eigenvalue weighted by Gasteiger charge is -2.06. The summed E-state index contributed by atoms with van der Waals surface area (Å²) in [5.74, 6) is -0.893. The number of carbonyl (C=O) groups is 3. The van der Waals surface area contributed by atoms with E-state index in [4.69, 9.17) is 5.11 Å². The standard InChI is InChI=1S/C7H11N3O4/c11-2-1-8-5(12)3-4-6(13)10-7(14)9-4/h4,11H,1-3H2,(H,8,12)(H2,9,10,13,14). The third kappa shape index (κ3) is 2.70. The molecule has 1 heterocycles. The fourth-order valence-corrected chi connectivity index (χ4v) is 1.06. The van der Waals surface area contributed by atoms with Gasteiger partial charge in [-0.25, -0.2) is 4.79 Å². The second-order valence-electron chi connectivity index (χ2n) is 2.79. The van der Waals surface area contributed by atoms with Crippen molar-refractivity contribution in [1.82, 2.24) is 16.0 Å². The normalized spacial score (nSPS) is 20.2. The third-order valence-corrected chi connectivity index (χ3v) is 1.68. The summed E-state index contributed by atoms with van der Waals surface area (Å²) in [7, 11) is 0. The van der Waals surface area contributed by atoms with Crippen molar-refractivity contribution in [2.24, 2.45) is 0 Å². The first-order valence-corrected chi connectivity index (χ1v) is 4.12. The van der Waals surface area contributed by atoms with Crippen molar-refractivity contribution in [1.29, 1.82) is 0 Å². The molecule has 14 heavy (non-hydrogen) atoms. The summed E-state index contributed by atoms with van der Waals surface area (Å²) < 4.78 is 0. The summed E-state index contributed by atoms with van der Waals surface area (Å²) in [5.41, 5.74) is 0. The van der Waals surface area contributed by atoms with Crippen molar-refractivity contribution in [2.45, 2.75) is 12.5 Å². The van der Waals surface area contributed by atoms with Crippen LogP contribution < -0.4 is 16.0 Å². The average molecular weight is 201 g/mol. The van der Waals surface area contributed by atoms with Gasteiger partial charge in [0.1, 0.15) is 6.04 Å². The Morgan fingerprint density at radius 2 is 2.21 bits per heavy atom. The number of aliphatic hydroxyl groups excluding tert-OH is 1. The summed E-state index contributed by atoms with van der Waals surface area (Å²) in [5, 5.41) is 15.1. The van der Waals surface area contributed by atoms with Crippen molar-refractivity contribution < 1.29 is 19.5 Å². The lowest BCUT2D eigenvalue weighted by atomic mass is 10.2. The third-order valence-electron chi connectivity index (χ3n) is 1.68. The second kappa shape index (κ2) is 4.56. The van der Waals surface area contributed by atoms with Crippen LogP contribution in [0.25, 0.3) is 0 Å². The van der Waals surface area contributed by atoms with E-state index in [9.17, 15) is 14.4 Å². The predicted molar refractivity (Wildman–Crippen MR) is 45.2 cm³/mol. The van der Waals surface area contributed by atoms with Crippen LogP contribution in [0.2, 0.25) is 0 Å². The molecule has 7 heteroatoms. The molecule has 78 valence electrons. The van der Waals surface area contributed by atoms with Crippen LogP contribution in [0.15, 0.2) is 0 Å². The summed E-state index contributed by atoms with van der Waals surface area (Å²) in [6.07, 6.45) is -0.114. The molecule has 0 radical (unpaired) electrons. The highest BCUT2D eigenvalue weighted by Crippen LogP contribution is 1.98. The van der Waals surface area contributed by atoms with Crippen molar-refractivity contribution in [3.8, 4) is 0 Å². The minimum atomic E-state index is -0.804. The zero-order chi connectivity index (χ0) is 10.6. The highest BCUT2D eigenvalue weighted by Gasteiger charge is 2.30. The van der Waals surface area contributed by atoms with Crippen LogP contribution in [0, 0.1) is 0 Å². The lowest BCUT2D eigenvalue weighted by Crippen LogP contribution is -2.37. The van der Waals surface area contributed by atoms with Gasteiger partial charge in [-0.15, -0.1) is 0 Å². The number of carbonyl (C=O) groups excluding carboxylic acids is 3. The Kier molecular flexibility index (Phi) is 3.41. The van der Waals surface area contributed by atoms with E-state index in [1.165, 1.54) is 0 Å². The molecule has 1 aliphatic rings. The maximum atomic E-state index is 11.1. The molecule has 7 nitrogen and oxygen atoms in total. The maximum Gasteiger partial charge on any atom is 0.322 e. The molecule has 1 aliphatic heterocycles. The molecule has 0 aromatic carbocycles. The van der Waals surface area contributed by atoms with E-state index in [0.717, 1.165) is 0 Å². The predicted octanol–water partition coefficient (Wildman–Crippen LogP) is -2.31. The van der Waals surface area contributed by atoms with Crippen LogP contribution in [0.1, 0.15) is 6.42 Å². The van der Waals surface area contributed by atoms with E-state index < -0.39 is 18.0 Å². The Bertz CT molecular complexity index is 266. The van der Waals surface area contributed by atoms with Crippen LogP contribution in [0.3, 0.4) is 0 Å². The molecule has 1 fully saturated rings. The van der Waals surface area contributed by atoms with E-state index >= 15 is 0 Å². The van der Waals surface area contributed by atoms with Gasteiger partial charge in [-0.1, -0.05) is 0 Å². The Hall–Kier alpha value is -1.63. The SMILES string of the molecule is O=C(CC1NC(=O)NC1=O)NCCO. The quantitative estimate of drug-likeness (QED) is 0.383. The highest BCUT2D eigenvalue weighted by atomic mass is 16.3. The summed E-state index contributed by atoms with van der Waals surface area (Å²) >= 11 is 0. The first-order valence-electron chi connectivity index (χ1n) is 4.12. The van der Waals surface area contributed by atoms with E-state index in [2.05, 4.69) is 10.6 Å². The highest BCUT2D eigenvalue weighted by molar-refractivity contribution is 6.05. The summed E-state index contributed by atoms with van der Waals surface area (Å²) in [6.45, 7) is -0.0178. The molecular weight excluding hydrogens is 190 g/mol. The van der Waals surface area contributed by atoms with Gasteiger partial charge >= 0.3 is 6.03 Å². The first-order chi connectivity index (χ1) is 6.63. The average Bonchev–Trinajstić information content (AvgIpc) is 2.42. The van der Waals surface area contributed by atoms with Gasteiger partial charge in [0.2, 0.25) is 5.91 Å². The molecule has 0 bridgehead atoms. The van der Waals surface area contributed by atoms with Gasteiger partial charge in [-0.05, 0) is 0 Å². The van der Waals surface area contributed by atoms with E-state index in [1.807, 2.05) is 5.32 Å². The number of urea groups is 1. The Morgan fingerprint density at radius 3 is 2.71 bits per heavy atom. The Morgan fingerprint density at radius 1 is 1.50 bits per heavy atom. The van der Waals surface area contributed by atoms with Gasteiger partial charge in [-0.2, -0.15) is 0 Å². The van der Waals surface area contributed by atoms with Gasteiger partial charge in [0.05, 0.1) is 13.0 Å². The zero-order valence-corrected chi connectivity index (χ0v) is 7.37. The summed E-state index contributed by atoms with van der Waals surface area (Å²) in [4.78, 5) is 32.7. The maximum absolute atomic E-state index is 11.1. The largest absolute Gasteiger partial charge is 0.395 e. The molecule has 4 N–H and O–H groups in total. The number of rotatable bonds is 4. The number of nitrogens with one attached hydrogen (secondary N) is 3. The van der Waals surface area contributed by atoms with Gasteiger partial charge in [-0.3, -0.25) is 14.9 Å². The van der Waals surface area contributed by atoms with Crippen LogP contribution >= 0.6 is 0 Å². The minimum absolute atomic E-state index is 0.114. The number of amides is 4. The van der Waals surface area contributed by atoms with E-state index in [1.54, 1.807) is 0 Å². The Balaban J connectivity index is 2.33. The smallest absolute Gasteiger partial charge is 0.322 e. The first kappa shape index (κ1) is 10.5.